The van der Waals surface area contributed by atoms with Gasteiger partial charge in [-0.2, -0.15) is 0 Å². The summed E-state index contributed by atoms with van der Waals surface area (Å²) >= 11 is 0. The van der Waals surface area contributed by atoms with Crippen molar-refractivity contribution < 1.29 is 19.1 Å². The first-order chi connectivity index (χ1) is 12.0. The van der Waals surface area contributed by atoms with Crippen molar-refractivity contribution in [3.05, 3.63) is 35.9 Å². The van der Waals surface area contributed by atoms with Crippen molar-refractivity contribution in [2.45, 2.75) is 39.2 Å². The molecule has 1 fully saturated rings. The minimum Gasteiger partial charge on any atom is -0.454 e. The number of amides is 2. The van der Waals surface area contributed by atoms with Gasteiger partial charge in [-0.05, 0) is 30.4 Å². The number of hydrogen-bond acceptors (Lipinski definition) is 4. The van der Waals surface area contributed by atoms with Gasteiger partial charge in [0.15, 0.2) is 6.61 Å². The largest absolute Gasteiger partial charge is 0.454 e. The maximum atomic E-state index is 12.0. The van der Waals surface area contributed by atoms with Gasteiger partial charge >= 0.3 is 5.97 Å². The molecule has 0 aromatic heterocycles. The summed E-state index contributed by atoms with van der Waals surface area (Å²) in [5.74, 6) is -0.293. The lowest BCUT2D eigenvalue weighted by atomic mass is 9.78. The topological polar surface area (TPSA) is 84.5 Å². The first-order valence-electron chi connectivity index (χ1n) is 8.75. The zero-order chi connectivity index (χ0) is 18.2. The molecule has 3 atom stereocenters. The molecule has 0 heterocycles. The van der Waals surface area contributed by atoms with Gasteiger partial charge in [-0.1, -0.05) is 44.9 Å². The van der Waals surface area contributed by atoms with Crippen molar-refractivity contribution in [2.24, 2.45) is 11.8 Å². The molecule has 0 spiro atoms. The second kappa shape index (κ2) is 9.20. The zero-order valence-electron chi connectivity index (χ0n) is 14.8. The zero-order valence-corrected chi connectivity index (χ0v) is 14.8. The fourth-order valence-electron chi connectivity index (χ4n) is 3.08. The van der Waals surface area contributed by atoms with Crippen LogP contribution in [0.25, 0.3) is 0 Å². The molecular formula is C19H26N2O4. The van der Waals surface area contributed by atoms with Crippen molar-refractivity contribution >= 4 is 17.8 Å². The first-order valence-corrected chi connectivity index (χ1v) is 8.75. The van der Waals surface area contributed by atoms with Crippen molar-refractivity contribution in [2.75, 3.05) is 13.2 Å². The van der Waals surface area contributed by atoms with E-state index in [1.54, 1.807) is 30.3 Å². The summed E-state index contributed by atoms with van der Waals surface area (Å²) in [6, 6.07) is 8.72. The van der Waals surface area contributed by atoms with E-state index in [0.717, 1.165) is 12.8 Å². The van der Waals surface area contributed by atoms with E-state index in [9.17, 15) is 14.4 Å². The molecule has 136 valence electrons. The van der Waals surface area contributed by atoms with Gasteiger partial charge in [-0.3, -0.25) is 14.4 Å². The predicted molar refractivity (Wildman–Crippen MR) is 93.8 cm³/mol. The van der Waals surface area contributed by atoms with Crippen LogP contribution in [0.4, 0.5) is 0 Å². The molecule has 2 N–H and O–H groups in total. The molecule has 2 rings (SSSR count). The molecule has 6 nitrogen and oxygen atoms in total. The monoisotopic (exact) mass is 346 g/mol. The van der Waals surface area contributed by atoms with E-state index in [1.165, 1.54) is 6.42 Å². The van der Waals surface area contributed by atoms with E-state index in [-0.39, 0.29) is 31.0 Å². The number of nitrogens with one attached hydrogen (secondary N) is 2. The fraction of sp³-hybridized carbons (Fsp3) is 0.526. The smallest absolute Gasteiger partial charge is 0.325 e. The highest BCUT2D eigenvalue weighted by Crippen LogP contribution is 2.29. The Kier molecular flexibility index (Phi) is 6.98. The van der Waals surface area contributed by atoms with E-state index in [2.05, 4.69) is 24.5 Å². The number of carbonyl (C=O) groups excluding carboxylic acids is 3. The van der Waals surface area contributed by atoms with Crippen LogP contribution in [0.1, 0.15) is 43.5 Å². The third-order valence-corrected chi connectivity index (χ3v) is 4.85. The van der Waals surface area contributed by atoms with Gasteiger partial charge < -0.3 is 15.4 Å². The number of rotatable bonds is 6. The molecule has 2 amide bonds. The minimum atomic E-state index is -0.635. The number of ether oxygens (including phenoxy) is 1. The van der Waals surface area contributed by atoms with Crippen molar-refractivity contribution in [3.63, 3.8) is 0 Å². The maximum Gasteiger partial charge on any atom is 0.325 e. The van der Waals surface area contributed by atoms with Crippen LogP contribution in [0.2, 0.25) is 0 Å². The Balaban J connectivity index is 1.67. The van der Waals surface area contributed by atoms with Crippen LogP contribution in [-0.4, -0.2) is 37.0 Å². The quantitative estimate of drug-likeness (QED) is 0.771. The van der Waals surface area contributed by atoms with Crippen LogP contribution in [0.3, 0.4) is 0 Å². The number of benzene rings is 1. The number of esters is 1. The molecule has 1 aliphatic rings. The van der Waals surface area contributed by atoms with Gasteiger partial charge in [0.25, 0.3) is 11.8 Å². The Morgan fingerprint density at radius 2 is 1.84 bits per heavy atom. The second-order valence-corrected chi connectivity index (χ2v) is 6.65. The van der Waals surface area contributed by atoms with E-state index in [1.807, 2.05) is 0 Å². The molecule has 1 aliphatic carbocycles. The van der Waals surface area contributed by atoms with Crippen LogP contribution < -0.4 is 10.6 Å². The van der Waals surface area contributed by atoms with Crippen molar-refractivity contribution in [1.29, 1.82) is 0 Å². The Hall–Kier alpha value is -2.37. The highest BCUT2D eigenvalue weighted by molar-refractivity contribution is 5.96. The van der Waals surface area contributed by atoms with Gasteiger partial charge in [0.2, 0.25) is 0 Å². The molecule has 25 heavy (non-hydrogen) atoms. The summed E-state index contributed by atoms with van der Waals surface area (Å²) in [4.78, 5) is 35.4. The Labute approximate surface area is 148 Å². The van der Waals surface area contributed by atoms with Gasteiger partial charge in [-0.15, -0.1) is 0 Å². The molecular weight excluding hydrogens is 320 g/mol. The summed E-state index contributed by atoms with van der Waals surface area (Å²) in [5, 5.41) is 5.41. The van der Waals surface area contributed by atoms with Gasteiger partial charge in [-0.25, -0.2) is 0 Å². The fourth-order valence-corrected chi connectivity index (χ4v) is 3.08. The molecule has 0 radical (unpaired) electrons. The van der Waals surface area contributed by atoms with Crippen LogP contribution in [0.5, 0.6) is 0 Å². The lowest BCUT2D eigenvalue weighted by molar-refractivity contribution is -0.147. The first kappa shape index (κ1) is 19.0. The maximum absolute atomic E-state index is 12.0. The van der Waals surface area contributed by atoms with Crippen molar-refractivity contribution in [3.8, 4) is 0 Å². The molecule has 1 saturated carbocycles. The lowest BCUT2D eigenvalue weighted by Crippen LogP contribution is -2.45. The van der Waals surface area contributed by atoms with E-state index >= 15 is 0 Å². The minimum absolute atomic E-state index is 0.132. The molecule has 1 aromatic rings. The summed E-state index contributed by atoms with van der Waals surface area (Å²) in [5.41, 5.74) is 0.466. The standard InChI is InChI=1S/C19H26N2O4/c1-13-7-6-10-16(14(13)2)21-17(22)12-25-18(23)11-20-19(24)15-8-4-3-5-9-15/h3-5,8-9,13-14,16H,6-7,10-12H2,1-2H3,(H,20,24)(H,21,22)/t13-,14+,16+/m1/s1. The predicted octanol–water partition coefficient (Wildman–Crippen LogP) is 1.90. The van der Waals surface area contributed by atoms with E-state index in [0.29, 0.717) is 17.4 Å². The van der Waals surface area contributed by atoms with Crippen LogP contribution in [0.15, 0.2) is 30.3 Å². The summed E-state index contributed by atoms with van der Waals surface area (Å²) in [7, 11) is 0. The van der Waals surface area contributed by atoms with E-state index < -0.39 is 5.97 Å². The van der Waals surface area contributed by atoms with E-state index in [4.69, 9.17) is 4.74 Å². The summed E-state index contributed by atoms with van der Waals surface area (Å²) in [6.45, 7) is 3.74. The number of hydrogen-bond donors (Lipinski definition) is 2. The van der Waals surface area contributed by atoms with Crippen LogP contribution in [0, 0.1) is 11.8 Å². The van der Waals surface area contributed by atoms with Gasteiger partial charge in [0.1, 0.15) is 6.54 Å². The number of carbonyl (C=O) groups is 3. The summed E-state index contributed by atoms with van der Waals surface area (Å²) in [6.07, 6.45) is 3.24. The third-order valence-electron chi connectivity index (χ3n) is 4.85. The average Bonchev–Trinajstić information content (AvgIpc) is 2.62. The third kappa shape index (κ3) is 5.89. The van der Waals surface area contributed by atoms with Gasteiger partial charge in [0.05, 0.1) is 0 Å². The Bertz CT molecular complexity index is 603. The lowest BCUT2D eigenvalue weighted by Gasteiger charge is -2.34. The highest BCUT2D eigenvalue weighted by atomic mass is 16.5. The second-order valence-electron chi connectivity index (χ2n) is 6.65. The van der Waals surface area contributed by atoms with Crippen LogP contribution in [-0.2, 0) is 14.3 Å². The average molecular weight is 346 g/mol. The normalized spacial score (nSPS) is 22.7. The molecule has 0 saturated heterocycles. The molecule has 6 heteroatoms. The molecule has 1 aromatic carbocycles. The van der Waals surface area contributed by atoms with Crippen LogP contribution >= 0.6 is 0 Å². The Morgan fingerprint density at radius 3 is 2.56 bits per heavy atom. The summed E-state index contributed by atoms with van der Waals surface area (Å²) < 4.78 is 4.93. The molecule has 0 unspecified atom stereocenters. The molecule has 0 bridgehead atoms. The van der Waals surface area contributed by atoms with Gasteiger partial charge in [0, 0.05) is 11.6 Å². The molecule has 0 aliphatic heterocycles. The van der Waals surface area contributed by atoms with Crippen molar-refractivity contribution in [1.82, 2.24) is 10.6 Å². The Morgan fingerprint density at radius 1 is 1.12 bits per heavy atom. The highest BCUT2D eigenvalue weighted by Gasteiger charge is 2.28. The SMILES string of the molecule is C[C@H]1[C@H](C)CCC[C@@H]1NC(=O)COC(=O)CNC(=O)c1ccccc1.